The third kappa shape index (κ3) is 4.64. The molecule has 1 fully saturated rings. The number of amides is 1. The summed E-state index contributed by atoms with van der Waals surface area (Å²) in [6.45, 7) is 3.71. The molecule has 1 saturated heterocycles. The van der Waals surface area contributed by atoms with Crippen LogP contribution in [0, 0.1) is 0 Å². The Morgan fingerprint density at radius 3 is 2.60 bits per heavy atom. The summed E-state index contributed by atoms with van der Waals surface area (Å²) >= 11 is 0. The molecular weight excluding hydrogens is 444 g/mol. The van der Waals surface area contributed by atoms with Crippen molar-refractivity contribution >= 4 is 22.6 Å². The lowest BCUT2D eigenvalue weighted by Gasteiger charge is -2.22. The first kappa shape index (κ1) is 23.0. The molecule has 35 heavy (non-hydrogen) atoms. The highest BCUT2D eigenvalue weighted by molar-refractivity contribution is 5.80. The van der Waals surface area contributed by atoms with Crippen LogP contribution >= 0.6 is 0 Å². The molecule has 182 valence electrons. The lowest BCUT2D eigenvalue weighted by molar-refractivity contribution is -0.131. The zero-order chi connectivity index (χ0) is 24.4. The first-order chi connectivity index (χ1) is 17.0. The highest BCUT2D eigenvalue weighted by Crippen LogP contribution is 2.17. The first-order valence-electron chi connectivity index (χ1n) is 12.0. The van der Waals surface area contributed by atoms with E-state index in [2.05, 4.69) is 15.1 Å². The smallest absolute Gasteiger partial charge is 0.262 e. The van der Waals surface area contributed by atoms with Gasteiger partial charge in [0.15, 0.2) is 5.82 Å². The Balaban J connectivity index is 1.25. The Morgan fingerprint density at radius 1 is 1.00 bits per heavy atom. The van der Waals surface area contributed by atoms with Gasteiger partial charge in [0.25, 0.3) is 5.56 Å². The molecule has 2 aromatic carbocycles. The second kappa shape index (κ2) is 9.87. The van der Waals surface area contributed by atoms with Crippen LogP contribution in [0.4, 0.5) is 0 Å². The first-order valence-corrected chi connectivity index (χ1v) is 12.0. The van der Waals surface area contributed by atoms with E-state index in [0.717, 1.165) is 55.1 Å². The molecule has 0 spiro atoms. The fourth-order valence-electron chi connectivity index (χ4n) is 4.77. The molecule has 4 aromatic rings. The molecule has 1 aliphatic rings. The van der Waals surface area contributed by atoms with E-state index in [0.29, 0.717) is 30.7 Å². The van der Waals surface area contributed by atoms with Gasteiger partial charge in [-0.15, -0.1) is 10.2 Å². The molecule has 0 saturated carbocycles. The summed E-state index contributed by atoms with van der Waals surface area (Å²) in [4.78, 5) is 29.9. The Hall–Kier alpha value is -3.72. The van der Waals surface area contributed by atoms with Gasteiger partial charge in [0, 0.05) is 39.6 Å². The number of methoxy groups -OCH3 is 1. The SMILES string of the molecule is COc1ccc(CCC(=O)N2CCCN(Cc3nnc4n(C)c(=O)c5ccccc5n34)CC2)cc1. The number of aromatic nitrogens is 4. The third-order valence-electron chi connectivity index (χ3n) is 6.79. The minimum atomic E-state index is -0.0781. The van der Waals surface area contributed by atoms with Crippen molar-refractivity contribution in [2.75, 3.05) is 33.3 Å². The van der Waals surface area contributed by atoms with Gasteiger partial charge < -0.3 is 9.64 Å². The summed E-state index contributed by atoms with van der Waals surface area (Å²) in [5.41, 5.74) is 1.87. The van der Waals surface area contributed by atoms with Gasteiger partial charge in [0.05, 0.1) is 24.6 Å². The van der Waals surface area contributed by atoms with Crippen LogP contribution in [-0.4, -0.2) is 68.2 Å². The molecule has 0 bridgehead atoms. The lowest BCUT2D eigenvalue weighted by atomic mass is 10.1. The summed E-state index contributed by atoms with van der Waals surface area (Å²) in [7, 11) is 3.38. The van der Waals surface area contributed by atoms with E-state index in [1.165, 1.54) is 0 Å². The maximum Gasteiger partial charge on any atom is 0.262 e. The van der Waals surface area contributed by atoms with Crippen molar-refractivity contribution < 1.29 is 9.53 Å². The second-order valence-corrected chi connectivity index (χ2v) is 8.99. The Bertz CT molecular complexity index is 1410. The number of hydrogen-bond donors (Lipinski definition) is 0. The normalized spacial score (nSPS) is 15.0. The number of ether oxygens (including phenoxy) is 1. The van der Waals surface area contributed by atoms with E-state index in [9.17, 15) is 9.59 Å². The molecule has 0 unspecified atom stereocenters. The third-order valence-corrected chi connectivity index (χ3v) is 6.79. The van der Waals surface area contributed by atoms with E-state index < -0.39 is 0 Å². The standard InChI is InChI=1S/C26H30N6O3/c1-29-25(34)21-6-3-4-7-22(21)32-23(27-28-26(29)32)18-30-14-5-15-31(17-16-30)24(33)13-10-19-8-11-20(35-2)12-9-19/h3-4,6-9,11-12H,5,10,13-18H2,1-2H3. The van der Waals surface area contributed by atoms with Crippen molar-refractivity contribution in [1.82, 2.24) is 29.0 Å². The lowest BCUT2D eigenvalue weighted by Crippen LogP contribution is -2.35. The van der Waals surface area contributed by atoms with E-state index in [-0.39, 0.29) is 11.5 Å². The molecule has 0 atom stereocenters. The minimum absolute atomic E-state index is 0.0781. The van der Waals surface area contributed by atoms with Gasteiger partial charge in [-0.25, -0.2) is 0 Å². The number of nitrogens with zero attached hydrogens (tertiary/aromatic N) is 6. The van der Waals surface area contributed by atoms with Gasteiger partial charge >= 0.3 is 0 Å². The molecule has 5 rings (SSSR count). The zero-order valence-electron chi connectivity index (χ0n) is 20.2. The van der Waals surface area contributed by atoms with Gasteiger partial charge in [0.1, 0.15) is 5.75 Å². The van der Waals surface area contributed by atoms with Crippen molar-refractivity contribution in [2.24, 2.45) is 7.05 Å². The maximum atomic E-state index is 12.9. The molecule has 1 aliphatic heterocycles. The Kier molecular flexibility index (Phi) is 6.50. The molecule has 3 heterocycles. The van der Waals surface area contributed by atoms with Crippen LogP contribution in [0.2, 0.25) is 0 Å². The van der Waals surface area contributed by atoms with E-state index in [1.54, 1.807) is 18.7 Å². The van der Waals surface area contributed by atoms with Crippen molar-refractivity contribution in [3.63, 3.8) is 0 Å². The van der Waals surface area contributed by atoms with Crippen LogP contribution in [0.3, 0.4) is 0 Å². The van der Waals surface area contributed by atoms with Crippen LogP contribution < -0.4 is 10.3 Å². The van der Waals surface area contributed by atoms with E-state index in [4.69, 9.17) is 4.74 Å². The average molecular weight is 475 g/mol. The summed E-state index contributed by atoms with van der Waals surface area (Å²) in [6, 6.07) is 15.4. The molecule has 0 N–H and O–H groups in total. The minimum Gasteiger partial charge on any atom is -0.497 e. The van der Waals surface area contributed by atoms with Gasteiger partial charge in [-0.3, -0.25) is 23.5 Å². The van der Waals surface area contributed by atoms with Gasteiger partial charge in [-0.1, -0.05) is 24.3 Å². The van der Waals surface area contributed by atoms with Gasteiger partial charge in [-0.05, 0) is 42.7 Å². The van der Waals surface area contributed by atoms with Crippen LogP contribution in [0.25, 0.3) is 16.7 Å². The molecule has 0 aliphatic carbocycles. The van der Waals surface area contributed by atoms with Crippen molar-refractivity contribution in [2.45, 2.75) is 25.8 Å². The average Bonchev–Trinajstić information content (AvgIpc) is 3.16. The van der Waals surface area contributed by atoms with Crippen LogP contribution in [-0.2, 0) is 24.8 Å². The molecule has 9 nitrogen and oxygen atoms in total. The highest BCUT2D eigenvalue weighted by atomic mass is 16.5. The molecule has 9 heteroatoms. The summed E-state index contributed by atoms with van der Waals surface area (Å²) in [5, 5.41) is 9.37. The largest absolute Gasteiger partial charge is 0.497 e. The second-order valence-electron chi connectivity index (χ2n) is 8.99. The highest BCUT2D eigenvalue weighted by Gasteiger charge is 2.21. The zero-order valence-corrected chi connectivity index (χ0v) is 20.2. The molecular formula is C26H30N6O3. The van der Waals surface area contributed by atoms with Crippen molar-refractivity contribution in [3.8, 4) is 5.75 Å². The van der Waals surface area contributed by atoms with Crippen LogP contribution in [0.15, 0.2) is 53.3 Å². The predicted octanol–water partition coefficient (Wildman–Crippen LogP) is 2.26. The number of carbonyl (C=O) groups excluding carboxylic acids is 1. The van der Waals surface area contributed by atoms with Crippen molar-refractivity contribution in [3.05, 3.63) is 70.3 Å². The fraction of sp³-hybridized carbons (Fsp3) is 0.385. The number of rotatable bonds is 6. The molecule has 0 radical (unpaired) electrons. The molecule has 2 aromatic heterocycles. The van der Waals surface area contributed by atoms with Crippen LogP contribution in [0.1, 0.15) is 24.2 Å². The molecule has 1 amide bonds. The number of hydrogen-bond acceptors (Lipinski definition) is 6. The predicted molar refractivity (Wildman–Crippen MR) is 134 cm³/mol. The number of benzene rings is 2. The van der Waals surface area contributed by atoms with E-state index in [1.807, 2.05) is 57.8 Å². The van der Waals surface area contributed by atoms with Gasteiger partial charge in [-0.2, -0.15) is 0 Å². The Morgan fingerprint density at radius 2 is 1.80 bits per heavy atom. The topological polar surface area (TPSA) is 85.0 Å². The Labute approximate surface area is 203 Å². The number of carbonyl (C=O) groups is 1. The number of aryl methyl sites for hydroxylation is 2. The van der Waals surface area contributed by atoms with Crippen LogP contribution in [0.5, 0.6) is 5.75 Å². The summed E-state index contributed by atoms with van der Waals surface area (Å²) in [5.74, 6) is 2.35. The van der Waals surface area contributed by atoms with E-state index >= 15 is 0 Å². The summed E-state index contributed by atoms with van der Waals surface area (Å²) in [6.07, 6.45) is 2.13. The quantitative estimate of drug-likeness (QED) is 0.426. The summed E-state index contributed by atoms with van der Waals surface area (Å²) < 4.78 is 8.72. The van der Waals surface area contributed by atoms with Gasteiger partial charge in [0.2, 0.25) is 11.7 Å². The monoisotopic (exact) mass is 474 g/mol. The number of para-hydroxylation sites is 1. The maximum absolute atomic E-state index is 12.9. The van der Waals surface area contributed by atoms with Crippen molar-refractivity contribution in [1.29, 1.82) is 0 Å². The fourth-order valence-corrected chi connectivity index (χ4v) is 4.77. The number of fused-ring (bicyclic) bond motifs is 3.